The second-order valence-electron chi connectivity index (χ2n) is 9.12. The minimum atomic E-state index is -4.60. The van der Waals surface area contributed by atoms with E-state index < -0.39 is 10.4 Å². The van der Waals surface area contributed by atoms with Crippen LogP contribution in [0.1, 0.15) is 142 Å². The largest absolute Gasteiger partial charge is 1.00 e. The van der Waals surface area contributed by atoms with Crippen LogP contribution in [0.25, 0.3) is 0 Å². The summed E-state index contributed by atoms with van der Waals surface area (Å²) < 4.78 is 36.7. The Balaban J connectivity index is 0. The summed E-state index contributed by atoms with van der Waals surface area (Å²) in [5, 5.41) is 0. The zero-order chi connectivity index (χ0) is 23.0. The van der Waals surface area contributed by atoms with Crippen molar-refractivity contribution in [1.82, 2.24) is 0 Å². The van der Waals surface area contributed by atoms with Crippen LogP contribution in [0.4, 0.5) is 0 Å². The van der Waals surface area contributed by atoms with Gasteiger partial charge in [-0.1, -0.05) is 135 Å². The van der Waals surface area contributed by atoms with Gasteiger partial charge in [-0.15, -0.1) is 0 Å². The van der Waals surface area contributed by atoms with Crippen LogP contribution in [0, 0.1) is 5.92 Å². The Morgan fingerprint density at radius 3 is 1.53 bits per heavy atom. The van der Waals surface area contributed by atoms with Crippen LogP contribution in [0.3, 0.4) is 0 Å². The molecular formula is C26H51NaO4S. The Hall–Kier alpha value is 0.610. The van der Waals surface area contributed by atoms with Gasteiger partial charge in [0.05, 0.1) is 6.61 Å². The minimum Gasteiger partial charge on any atom is -0.726 e. The molecule has 0 aliphatic rings. The zero-order valence-electron chi connectivity index (χ0n) is 21.6. The monoisotopic (exact) mass is 482 g/mol. The van der Waals surface area contributed by atoms with Crippen LogP contribution in [0.5, 0.6) is 0 Å². The van der Waals surface area contributed by atoms with E-state index in [1.165, 1.54) is 103 Å². The summed E-state index contributed by atoms with van der Waals surface area (Å²) in [4.78, 5) is 0. The van der Waals surface area contributed by atoms with E-state index in [9.17, 15) is 13.0 Å². The van der Waals surface area contributed by atoms with Crippen molar-refractivity contribution < 1.29 is 46.7 Å². The van der Waals surface area contributed by atoms with Crippen molar-refractivity contribution in [3.05, 3.63) is 12.2 Å². The first-order valence-electron chi connectivity index (χ1n) is 13.3. The Morgan fingerprint density at radius 2 is 1.09 bits per heavy atom. The molecule has 0 aliphatic carbocycles. The molecule has 0 spiro atoms. The molecule has 0 saturated carbocycles. The number of rotatable bonds is 24. The summed E-state index contributed by atoms with van der Waals surface area (Å²) in [5.41, 5.74) is 0. The van der Waals surface area contributed by atoms with Gasteiger partial charge < -0.3 is 4.55 Å². The van der Waals surface area contributed by atoms with Gasteiger partial charge in [0.1, 0.15) is 0 Å². The second-order valence-corrected chi connectivity index (χ2v) is 10.2. The first-order chi connectivity index (χ1) is 15.0. The third kappa shape index (κ3) is 28.6. The fraction of sp³-hybridized carbons (Fsp3) is 0.923. The van der Waals surface area contributed by atoms with Crippen LogP contribution < -0.4 is 29.6 Å². The average Bonchev–Trinajstić information content (AvgIpc) is 2.73. The van der Waals surface area contributed by atoms with Crippen molar-refractivity contribution in [3.63, 3.8) is 0 Å². The summed E-state index contributed by atoms with van der Waals surface area (Å²) in [6.45, 7) is 4.42. The van der Waals surface area contributed by atoms with Crippen molar-refractivity contribution in [2.75, 3.05) is 6.61 Å². The molecule has 1 unspecified atom stereocenters. The van der Waals surface area contributed by atoms with E-state index in [1.807, 2.05) is 0 Å². The molecule has 186 valence electrons. The Labute approximate surface area is 223 Å². The van der Waals surface area contributed by atoms with Gasteiger partial charge in [-0.05, 0) is 19.3 Å². The molecule has 0 fully saturated rings. The van der Waals surface area contributed by atoms with E-state index in [2.05, 4.69) is 30.2 Å². The maximum absolute atomic E-state index is 10.7. The van der Waals surface area contributed by atoms with E-state index in [0.29, 0.717) is 0 Å². The summed E-state index contributed by atoms with van der Waals surface area (Å²) in [7, 11) is -4.60. The molecule has 0 radical (unpaired) electrons. The van der Waals surface area contributed by atoms with Crippen LogP contribution in [0.2, 0.25) is 0 Å². The van der Waals surface area contributed by atoms with Crippen molar-refractivity contribution >= 4 is 10.4 Å². The Bertz CT molecular complexity index is 494. The van der Waals surface area contributed by atoms with E-state index >= 15 is 0 Å². The molecule has 4 nitrogen and oxygen atoms in total. The Kier molecular flexibility index (Phi) is 28.5. The van der Waals surface area contributed by atoms with Gasteiger partial charge in [0.15, 0.2) is 0 Å². The van der Waals surface area contributed by atoms with E-state index in [-0.39, 0.29) is 42.1 Å². The summed E-state index contributed by atoms with van der Waals surface area (Å²) in [6.07, 6.45) is 29.7. The van der Waals surface area contributed by atoms with Crippen molar-refractivity contribution in [3.8, 4) is 0 Å². The molecule has 6 heteroatoms. The molecule has 0 amide bonds. The van der Waals surface area contributed by atoms with Gasteiger partial charge in [-0.3, -0.25) is 4.18 Å². The van der Waals surface area contributed by atoms with E-state index in [1.54, 1.807) is 0 Å². The standard InChI is InChI=1S/C26H52O4S.Na/c1-3-5-7-9-10-11-12-13-14-15-16-17-18-19-20-22-24-26(23-21-8-6-4-2)25-30-31(27,28)29;/h22,24,26H,3-21,23,25H2,1-2H3,(H,27,28,29);/q;+1/p-1/b24-22+;. The van der Waals surface area contributed by atoms with Crippen molar-refractivity contribution in [2.45, 2.75) is 142 Å². The first-order valence-corrected chi connectivity index (χ1v) is 14.6. The average molecular weight is 483 g/mol. The number of unbranched alkanes of at least 4 members (excludes halogenated alkanes) is 17. The fourth-order valence-corrected chi connectivity index (χ4v) is 4.33. The normalized spacial score (nSPS) is 12.8. The van der Waals surface area contributed by atoms with Gasteiger partial charge in [-0.2, -0.15) is 0 Å². The number of allylic oxidation sites excluding steroid dienone is 1. The molecule has 32 heavy (non-hydrogen) atoms. The van der Waals surface area contributed by atoms with Crippen molar-refractivity contribution in [1.29, 1.82) is 0 Å². The maximum atomic E-state index is 10.7. The number of hydrogen-bond donors (Lipinski definition) is 0. The van der Waals surface area contributed by atoms with Crippen molar-refractivity contribution in [2.24, 2.45) is 5.92 Å². The molecule has 0 rings (SSSR count). The predicted molar refractivity (Wildman–Crippen MR) is 132 cm³/mol. The van der Waals surface area contributed by atoms with Crippen LogP contribution in [-0.2, 0) is 14.6 Å². The maximum Gasteiger partial charge on any atom is 1.00 e. The molecule has 0 heterocycles. The van der Waals surface area contributed by atoms with Crippen LogP contribution in [-0.4, -0.2) is 19.6 Å². The van der Waals surface area contributed by atoms with Crippen LogP contribution in [0.15, 0.2) is 12.2 Å². The third-order valence-electron chi connectivity index (χ3n) is 5.99. The summed E-state index contributed by atoms with van der Waals surface area (Å²) >= 11 is 0. The third-order valence-corrected chi connectivity index (χ3v) is 6.41. The summed E-state index contributed by atoms with van der Waals surface area (Å²) in [5.74, 6) is 0.0206. The van der Waals surface area contributed by atoms with Gasteiger partial charge in [0.2, 0.25) is 10.4 Å². The molecule has 0 bridgehead atoms. The molecular weight excluding hydrogens is 431 g/mol. The quantitative estimate of drug-likeness (QED) is 0.0600. The Morgan fingerprint density at radius 1 is 0.688 bits per heavy atom. The van der Waals surface area contributed by atoms with Gasteiger partial charge in [-0.25, -0.2) is 8.42 Å². The molecule has 0 aromatic carbocycles. The van der Waals surface area contributed by atoms with E-state index in [0.717, 1.165) is 25.7 Å². The molecule has 0 aromatic rings. The second kappa shape index (κ2) is 26.2. The molecule has 0 aliphatic heterocycles. The number of hydrogen-bond acceptors (Lipinski definition) is 4. The minimum absolute atomic E-state index is 0. The fourth-order valence-electron chi connectivity index (χ4n) is 3.98. The topological polar surface area (TPSA) is 66.4 Å². The van der Waals surface area contributed by atoms with Crippen LogP contribution >= 0.6 is 0 Å². The van der Waals surface area contributed by atoms with Gasteiger partial charge in [0.25, 0.3) is 0 Å². The zero-order valence-corrected chi connectivity index (χ0v) is 24.4. The molecule has 0 N–H and O–H groups in total. The van der Waals surface area contributed by atoms with Gasteiger partial charge >= 0.3 is 29.6 Å². The molecule has 0 aromatic heterocycles. The smallest absolute Gasteiger partial charge is 0.726 e. The molecule has 0 saturated heterocycles. The van der Waals surface area contributed by atoms with Gasteiger partial charge in [0, 0.05) is 5.92 Å². The SMILES string of the molecule is CCCCCCCCCCCCCCCC/C=C/C(CCCCCC)COS(=O)(=O)[O-].[Na+]. The first kappa shape index (κ1) is 34.8. The molecule has 1 atom stereocenters. The van der Waals surface area contributed by atoms with E-state index in [4.69, 9.17) is 0 Å². The summed E-state index contributed by atoms with van der Waals surface area (Å²) in [6, 6.07) is 0. The predicted octanol–water partition coefficient (Wildman–Crippen LogP) is 5.48.